The van der Waals surface area contributed by atoms with Crippen molar-refractivity contribution in [1.29, 1.82) is 0 Å². The molecule has 2 aromatic heterocycles. The van der Waals surface area contributed by atoms with E-state index in [2.05, 4.69) is 16.8 Å². The Balaban J connectivity index is 1.70. The van der Waals surface area contributed by atoms with Crippen molar-refractivity contribution in [2.24, 2.45) is 0 Å². The Morgan fingerprint density at radius 1 is 1.55 bits per heavy atom. The molecule has 1 atom stereocenters. The minimum absolute atomic E-state index is 0.414. The second-order valence-electron chi connectivity index (χ2n) is 5.12. The topological polar surface area (TPSA) is 49.3 Å². The van der Waals surface area contributed by atoms with E-state index in [9.17, 15) is 4.79 Å². The van der Waals surface area contributed by atoms with Crippen LogP contribution in [0.25, 0.3) is 0 Å². The van der Waals surface area contributed by atoms with Gasteiger partial charge in [-0.05, 0) is 54.8 Å². The smallest absolute Gasteiger partial charge is 0.345 e. The van der Waals surface area contributed by atoms with Crippen molar-refractivity contribution >= 4 is 28.6 Å². The summed E-state index contributed by atoms with van der Waals surface area (Å²) < 4.78 is 0. The zero-order valence-electron chi connectivity index (χ0n) is 11.3. The third-order valence-corrected chi connectivity index (χ3v) is 5.90. The molecule has 0 bridgehead atoms. The predicted molar refractivity (Wildman–Crippen MR) is 82.9 cm³/mol. The van der Waals surface area contributed by atoms with E-state index in [1.165, 1.54) is 41.0 Å². The predicted octanol–water partition coefficient (Wildman–Crippen LogP) is 3.98. The van der Waals surface area contributed by atoms with E-state index in [0.717, 1.165) is 17.0 Å². The zero-order chi connectivity index (χ0) is 14.1. The van der Waals surface area contributed by atoms with E-state index in [1.54, 1.807) is 6.07 Å². The highest BCUT2D eigenvalue weighted by Crippen LogP contribution is 2.33. The number of thiophene rings is 2. The minimum atomic E-state index is -0.831. The average Bonchev–Trinajstić information content (AvgIpc) is 3.03. The van der Waals surface area contributed by atoms with Gasteiger partial charge in [0.05, 0.1) is 0 Å². The Kier molecular flexibility index (Phi) is 3.92. The first-order valence-electron chi connectivity index (χ1n) is 6.77. The van der Waals surface area contributed by atoms with Crippen molar-refractivity contribution in [1.82, 2.24) is 5.32 Å². The number of rotatable bonds is 4. The van der Waals surface area contributed by atoms with Crippen molar-refractivity contribution in [2.75, 3.05) is 0 Å². The zero-order valence-corrected chi connectivity index (χ0v) is 12.9. The number of nitrogens with one attached hydrogen (secondary N) is 1. The molecule has 106 valence electrons. The van der Waals surface area contributed by atoms with Gasteiger partial charge in [-0.3, -0.25) is 0 Å². The van der Waals surface area contributed by atoms with Crippen LogP contribution in [-0.2, 0) is 13.0 Å². The largest absolute Gasteiger partial charge is 0.477 e. The van der Waals surface area contributed by atoms with Crippen LogP contribution < -0.4 is 5.32 Å². The molecular weight excluding hydrogens is 290 g/mol. The van der Waals surface area contributed by atoms with E-state index < -0.39 is 5.97 Å². The van der Waals surface area contributed by atoms with Crippen molar-refractivity contribution in [3.05, 3.63) is 43.3 Å². The fraction of sp³-hybridized carbons (Fsp3) is 0.400. The molecule has 3 nitrogen and oxygen atoms in total. The molecule has 2 heterocycles. The van der Waals surface area contributed by atoms with Crippen molar-refractivity contribution in [2.45, 2.75) is 38.8 Å². The minimum Gasteiger partial charge on any atom is -0.477 e. The Labute approximate surface area is 126 Å². The molecule has 0 amide bonds. The first kappa shape index (κ1) is 13.8. The standard InChI is InChI=1S/C15H17NO2S2/c1-9-10(7-14(20-9)15(17)18)8-16-12-3-2-4-13-11(12)5-6-19-13/h5-7,12,16H,2-4,8H2,1H3,(H,17,18). The number of hydrogen-bond donors (Lipinski definition) is 2. The molecule has 0 saturated heterocycles. The summed E-state index contributed by atoms with van der Waals surface area (Å²) in [6.45, 7) is 2.74. The second kappa shape index (κ2) is 5.68. The molecule has 5 heteroatoms. The van der Waals surface area contributed by atoms with Crippen LogP contribution in [0.3, 0.4) is 0 Å². The van der Waals surface area contributed by atoms with Gasteiger partial charge in [-0.1, -0.05) is 0 Å². The van der Waals surface area contributed by atoms with Crippen LogP contribution in [-0.4, -0.2) is 11.1 Å². The summed E-state index contributed by atoms with van der Waals surface area (Å²) in [5, 5.41) is 14.8. The molecule has 3 rings (SSSR count). The molecule has 0 spiro atoms. The van der Waals surface area contributed by atoms with Gasteiger partial charge < -0.3 is 10.4 Å². The van der Waals surface area contributed by atoms with Crippen LogP contribution in [0, 0.1) is 6.92 Å². The summed E-state index contributed by atoms with van der Waals surface area (Å²) >= 11 is 3.21. The van der Waals surface area contributed by atoms with Crippen LogP contribution in [0.1, 0.15) is 49.4 Å². The fourth-order valence-corrected chi connectivity index (χ4v) is 4.60. The Bertz CT molecular complexity index is 630. The summed E-state index contributed by atoms with van der Waals surface area (Å²) in [6.07, 6.45) is 3.60. The van der Waals surface area contributed by atoms with Gasteiger partial charge in [-0.15, -0.1) is 22.7 Å². The molecule has 1 aliphatic carbocycles. The van der Waals surface area contributed by atoms with Gasteiger partial charge in [0.2, 0.25) is 0 Å². The molecule has 0 saturated carbocycles. The highest BCUT2D eigenvalue weighted by molar-refractivity contribution is 7.14. The highest BCUT2D eigenvalue weighted by Gasteiger charge is 2.21. The van der Waals surface area contributed by atoms with Crippen molar-refractivity contribution in [3.8, 4) is 0 Å². The first-order valence-corrected chi connectivity index (χ1v) is 8.47. The lowest BCUT2D eigenvalue weighted by Gasteiger charge is -2.23. The summed E-state index contributed by atoms with van der Waals surface area (Å²) in [4.78, 5) is 14.0. The van der Waals surface area contributed by atoms with Gasteiger partial charge in [0.25, 0.3) is 0 Å². The molecule has 1 unspecified atom stereocenters. The van der Waals surface area contributed by atoms with E-state index in [4.69, 9.17) is 5.11 Å². The van der Waals surface area contributed by atoms with Gasteiger partial charge in [0.15, 0.2) is 0 Å². The van der Waals surface area contributed by atoms with E-state index >= 15 is 0 Å². The van der Waals surface area contributed by atoms with E-state index in [-0.39, 0.29) is 0 Å². The molecule has 20 heavy (non-hydrogen) atoms. The molecule has 0 radical (unpaired) electrons. The number of aromatic carboxylic acids is 1. The number of fused-ring (bicyclic) bond motifs is 1. The maximum absolute atomic E-state index is 11.0. The number of aryl methyl sites for hydroxylation is 2. The Morgan fingerprint density at radius 3 is 3.15 bits per heavy atom. The number of carboxylic acids is 1. The van der Waals surface area contributed by atoms with Crippen LogP contribution in [0.15, 0.2) is 17.5 Å². The Morgan fingerprint density at radius 2 is 2.40 bits per heavy atom. The second-order valence-corrected chi connectivity index (χ2v) is 7.38. The fourth-order valence-electron chi connectivity index (χ4n) is 2.73. The molecular formula is C15H17NO2S2. The van der Waals surface area contributed by atoms with Gasteiger partial charge in [0, 0.05) is 22.3 Å². The van der Waals surface area contributed by atoms with Crippen LogP contribution in [0.5, 0.6) is 0 Å². The molecule has 2 aromatic rings. The number of carboxylic acid groups (broad SMARTS) is 1. The number of carbonyl (C=O) groups is 1. The monoisotopic (exact) mass is 307 g/mol. The molecule has 0 fully saturated rings. The van der Waals surface area contributed by atoms with Gasteiger partial charge in [0.1, 0.15) is 4.88 Å². The first-order chi connectivity index (χ1) is 9.65. The highest BCUT2D eigenvalue weighted by atomic mass is 32.1. The molecule has 2 N–H and O–H groups in total. The third kappa shape index (κ3) is 2.66. The van der Waals surface area contributed by atoms with Gasteiger partial charge >= 0.3 is 5.97 Å². The average molecular weight is 307 g/mol. The van der Waals surface area contributed by atoms with Gasteiger partial charge in [-0.25, -0.2) is 4.79 Å². The normalized spacial score (nSPS) is 17.9. The lowest BCUT2D eigenvalue weighted by molar-refractivity contribution is 0.0702. The van der Waals surface area contributed by atoms with E-state index in [0.29, 0.717) is 10.9 Å². The van der Waals surface area contributed by atoms with Crippen LogP contribution in [0.2, 0.25) is 0 Å². The van der Waals surface area contributed by atoms with Crippen molar-refractivity contribution < 1.29 is 9.90 Å². The maximum atomic E-state index is 11.0. The van der Waals surface area contributed by atoms with Gasteiger partial charge in [-0.2, -0.15) is 0 Å². The van der Waals surface area contributed by atoms with Crippen molar-refractivity contribution in [3.63, 3.8) is 0 Å². The molecule has 1 aliphatic rings. The molecule has 0 aliphatic heterocycles. The Hall–Kier alpha value is -1.17. The lowest BCUT2D eigenvalue weighted by atomic mass is 9.94. The number of hydrogen-bond acceptors (Lipinski definition) is 4. The summed E-state index contributed by atoms with van der Waals surface area (Å²) in [7, 11) is 0. The molecule has 0 aromatic carbocycles. The summed E-state index contributed by atoms with van der Waals surface area (Å²) in [5.74, 6) is -0.831. The van der Waals surface area contributed by atoms with Crippen LogP contribution >= 0.6 is 22.7 Å². The third-order valence-electron chi connectivity index (χ3n) is 3.82. The van der Waals surface area contributed by atoms with E-state index in [1.807, 2.05) is 18.3 Å². The quantitative estimate of drug-likeness (QED) is 0.898. The summed E-state index contributed by atoms with van der Waals surface area (Å²) in [6, 6.07) is 4.43. The van der Waals surface area contributed by atoms with Crippen LogP contribution in [0.4, 0.5) is 0 Å². The SMILES string of the molecule is Cc1sc(C(=O)O)cc1CNC1CCCc2sccc21. The maximum Gasteiger partial charge on any atom is 0.345 e. The lowest BCUT2D eigenvalue weighted by Crippen LogP contribution is -2.23. The summed E-state index contributed by atoms with van der Waals surface area (Å²) in [5.41, 5.74) is 2.54.